The zero-order valence-corrected chi connectivity index (χ0v) is 19.7. The van der Waals surface area contributed by atoms with Gasteiger partial charge in [-0.15, -0.1) is 0 Å². The van der Waals surface area contributed by atoms with Gasteiger partial charge in [0, 0.05) is 24.9 Å². The number of benzene rings is 3. The van der Waals surface area contributed by atoms with Gasteiger partial charge in [0.2, 0.25) is 0 Å². The van der Waals surface area contributed by atoms with E-state index in [1.807, 2.05) is 36.4 Å². The second-order valence-corrected chi connectivity index (χ2v) is 9.35. The molecule has 1 saturated heterocycles. The quantitative estimate of drug-likeness (QED) is 0.369. The van der Waals surface area contributed by atoms with Gasteiger partial charge >= 0.3 is 0 Å². The highest BCUT2D eigenvalue weighted by molar-refractivity contribution is 5.83. The zero-order valence-electron chi connectivity index (χ0n) is 19.7. The molecule has 2 heterocycles. The number of likely N-dealkylation sites (tertiary alicyclic amines) is 1. The Hall–Kier alpha value is -3.38. The molecule has 6 heteroatoms. The largest absolute Gasteiger partial charge is 0.303 e. The van der Waals surface area contributed by atoms with Crippen molar-refractivity contribution in [1.82, 2.24) is 14.7 Å². The molecule has 0 radical (unpaired) electrons. The van der Waals surface area contributed by atoms with E-state index in [4.69, 9.17) is 5.10 Å². The standard InChI is InChI=1S/C29H29F2N3O/c30-23-11-7-21(8-12-23)15-18-33-17-3-4-25(16-19-33)34-29(35)27-6-2-1-5-26(27)28(32-34)20-22-9-13-24(31)14-10-22/h1-2,5-14,25H,3-4,15-20H2. The van der Waals surface area contributed by atoms with E-state index in [2.05, 4.69) is 4.90 Å². The van der Waals surface area contributed by atoms with Crippen LogP contribution < -0.4 is 5.56 Å². The monoisotopic (exact) mass is 473 g/mol. The minimum atomic E-state index is -0.265. The third-order valence-corrected chi connectivity index (χ3v) is 6.96. The van der Waals surface area contributed by atoms with Gasteiger partial charge in [-0.3, -0.25) is 4.79 Å². The van der Waals surface area contributed by atoms with Crippen LogP contribution in [0.5, 0.6) is 0 Å². The highest BCUT2D eigenvalue weighted by atomic mass is 19.1. The zero-order chi connectivity index (χ0) is 24.2. The highest BCUT2D eigenvalue weighted by Gasteiger charge is 2.22. The van der Waals surface area contributed by atoms with Crippen LogP contribution in [0.25, 0.3) is 10.8 Å². The summed E-state index contributed by atoms with van der Waals surface area (Å²) in [4.78, 5) is 15.8. The molecule has 0 spiro atoms. The number of hydrogen-bond donors (Lipinski definition) is 0. The first-order valence-corrected chi connectivity index (χ1v) is 12.3. The summed E-state index contributed by atoms with van der Waals surface area (Å²) in [5, 5.41) is 6.40. The van der Waals surface area contributed by atoms with Crippen LogP contribution in [0.4, 0.5) is 8.78 Å². The number of halogens is 2. The van der Waals surface area contributed by atoms with Gasteiger partial charge in [-0.1, -0.05) is 42.5 Å². The lowest BCUT2D eigenvalue weighted by molar-refractivity contribution is 0.281. The molecule has 0 aliphatic carbocycles. The van der Waals surface area contributed by atoms with Gasteiger partial charge in [-0.25, -0.2) is 13.5 Å². The predicted molar refractivity (Wildman–Crippen MR) is 135 cm³/mol. The van der Waals surface area contributed by atoms with Gasteiger partial charge in [0.15, 0.2) is 0 Å². The molecular formula is C29H29F2N3O. The maximum Gasteiger partial charge on any atom is 0.274 e. The van der Waals surface area contributed by atoms with Crippen molar-refractivity contribution in [2.45, 2.75) is 38.1 Å². The van der Waals surface area contributed by atoms with Crippen LogP contribution >= 0.6 is 0 Å². The smallest absolute Gasteiger partial charge is 0.274 e. The predicted octanol–water partition coefficient (Wildman–Crippen LogP) is 5.54. The van der Waals surface area contributed by atoms with E-state index in [9.17, 15) is 13.6 Å². The summed E-state index contributed by atoms with van der Waals surface area (Å²) >= 11 is 0. The van der Waals surface area contributed by atoms with Crippen molar-refractivity contribution in [3.8, 4) is 0 Å². The molecule has 1 aromatic heterocycles. The minimum absolute atomic E-state index is 0.0369. The summed E-state index contributed by atoms with van der Waals surface area (Å²) < 4.78 is 28.3. The third-order valence-electron chi connectivity index (χ3n) is 6.96. The SMILES string of the molecule is O=c1c2ccccc2c(Cc2ccc(F)cc2)nn1C1CCCN(CCc2ccc(F)cc2)CC1. The van der Waals surface area contributed by atoms with Crippen LogP contribution in [0.2, 0.25) is 0 Å². The number of aromatic nitrogens is 2. The van der Waals surface area contributed by atoms with Crippen LogP contribution in [0, 0.1) is 11.6 Å². The molecular weight excluding hydrogens is 444 g/mol. The van der Waals surface area contributed by atoms with Crippen LogP contribution in [0.15, 0.2) is 77.6 Å². The Kier molecular flexibility index (Phi) is 7.00. The average molecular weight is 474 g/mol. The van der Waals surface area contributed by atoms with Crippen molar-refractivity contribution in [2.24, 2.45) is 0 Å². The Balaban J connectivity index is 1.36. The Morgan fingerprint density at radius 1 is 0.800 bits per heavy atom. The third kappa shape index (κ3) is 5.49. The summed E-state index contributed by atoms with van der Waals surface area (Å²) in [5.74, 6) is -0.475. The maximum atomic E-state index is 13.4. The number of hydrogen-bond acceptors (Lipinski definition) is 3. The lowest BCUT2D eigenvalue weighted by atomic mass is 10.0. The topological polar surface area (TPSA) is 38.1 Å². The first kappa shape index (κ1) is 23.4. The van der Waals surface area contributed by atoms with Gasteiger partial charge in [0.05, 0.1) is 17.1 Å². The van der Waals surface area contributed by atoms with Gasteiger partial charge in [-0.2, -0.15) is 5.10 Å². The second kappa shape index (κ2) is 10.5. The fraction of sp³-hybridized carbons (Fsp3) is 0.310. The Labute approximate surface area is 203 Å². The number of fused-ring (bicyclic) bond motifs is 1. The van der Waals surface area contributed by atoms with E-state index in [1.54, 1.807) is 16.8 Å². The molecule has 1 atom stereocenters. The molecule has 1 aliphatic heterocycles. The molecule has 0 N–H and O–H groups in total. The fourth-order valence-corrected chi connectivity index (χ4v) is 4.99. The summed E-state index contributed by atoms with van der Waals surface area (Å²) in [6, 6.07) is 20.8. The molecule has 0 bridgehead atoms. The summed E-state index contributed by atoms with van der Waals surface area (Å²) in [7, 11) is 0. The molecule has 5 rings (SSSR count). The molecule has 35 heavy (non-hydrogen) atoms. The van der Waals surface area contributed by atoms with Gasteiger partial charge in [0.25, 0.3) is 5.56 Å². The van der Waals surface area contributed by atoms with Gasteiger partial charge in [-0.05, 0) is 73.7 Å². The Morgan fingerprint density at radius 2 is 1.46 bits per heavy atom. The molecule has 3 aromatic carbocycles. The van der Waals surface area contributed by atoms with Crippen molar-refractivity contribution < 1.29 is 8.78 Å². The second-order valence-electron chi connectivity index (χ2n) is 9.35. The molecule has 4 nitrogen and oxygen atoms in total. The van der Waals surface area contributed by atoms with Crippen molar-refractivity contribution in [2.75, 3.05) is 19.6 Å². The van der Waals surface area contributed by atoms with E-state index in [-0.39, 0.29) is 23.2 Å². The number of nitrogens with zero attached hydrogens (tertiary/aromatic N) is 3. The van der Waals surface area contributed by atoms with Crippen LogP contribution in [0.3, 0.4) is 0 Å². The lowest BCUT2D eigenvalue weighted by Gasteiger charge is -2.21. The van der Waals surface area contributed by atoms with E-state index in [0.29, 0.717) is 11.8 Å². The van der Waals surface area contributed by atoms with Crippen LogP contribution in [-0.2, 0) is 12.8 Å². The van der Waals surface area contributed by atoms with E-state index in [1.165, 1.54) is 24.3 Å². The van der Waals surface area contributed by atoms with Crippen molar-refractivity contribution in [3.63, 3.8) is 0 Å². The van der Waals surface area contributed by atoms with Gasteiger partial charge < -0.3 is 4.90 Å². The fourth-order valence-electron chi connectivity index (χ4n) is 4.99. The lowest BCUT2D eigenvalue weighted by Crippen LogP contribution is -2.30. The molecule has 1 fully saturated rings. The molecule has 1 unspecified atom stereocenters. The summed E-state index contributed by atoms with van der Waals surface area (Å²) in [5.41, 5.74) is 2.88. The van der Waals surface area contributed by atoms with Crippen molar-refractivity contribution >= 4 is 10.8 Å². The molecule has 4 aromatic rings. The van der Waals surface area contributed by atoms with E-state index >= 15 is 0 Å². The molecule has 180 valence electrons. The number of rotatable bonds is 6. The normalized spacial score (nSPS) is 16.9. The summed E-state index contributed by atoms with van der Waals surface area (Å²) in [6.07, 6.45) is 4.15. The van der Waals surface area contributed by atoms with Crippen molar-refractivity contribution in [3.05, 3.63) is 112 Å². The summed E-state index contributed by atoms with van der Waals surface area (Å²) in [6.45, 7) is 2.77. The highest BCUT2D eigenvalue weighted by Crippen LogP contribution is 2.24. The maximum absolute atomic E-state index is 13.4. The Bertz CT molecular complexity index is 1350. The van der Waals surface area contributed by atoms with Crippen LogP contribution in [0.1, 0.15) is 42.1 Å². The molecule has 1 aliphatic rings. The minimum Gasteiger partial charge on any atom is -0.303 e. The first-order chi connectivity index (χ1) is 17.1. The van der Waals surface area contributed by atoms with E-state index < -0.39 is 0 Å². The average Bonchev–Trinajstić information content (AvgIpc) is 3.12. The van der Waals surface area contributed by atoms with Crippen LogP contribution in [-0.4, -0.2) is 34.3 Å². The van der Waals surface area contributed by atoms with E-state index in [0.717, 1.165) is 67.5 Å². The molecule has 0 amide bonds. The molecule has 0 saturated carbocycles. The first-order valence-electron chi connectivity index (χ1n) is 12.3. The Morgan fingerprint density at radius 3 is 2.17 bits per heavy atom. The van der Waals surface area contributed by atoms with Gasteiger partial charge in [0.1, 0.15) is 11.6 Å². The van der Waals surface area contributed by atoms with Crippen molar-refractivity contribution in [1.29, 1.82) is 0 Å².